The number of nitro groups is 1. The zero-order valence-electron chi connectivity index (χ0n) is 12.5. The monoisotopic (exact) mass is 338 g/mol. The highest BCUT2D eigenvalue weighted by atomic mass is 16.6. The molecule has 10 nitrogen and oxygen atoms in total. The topological polar surface area (TPSA) is 152 Å². The number of carboxylic acids is 2. The summed E-state index contributed by atoms with van der Waals surface area (Å²) in [4.78, 5) is 28.5. The first kappa shape index (κ1) is 18.5. The van der Waals surface area contributed by atoms with Crippen LogP contribution in [-0.4, -0.2) is 34.2 Å². The Morgan fingerprint density at radius 2 is 1.96 bits per heavy atom. The fourth-order valence-electron chi connectivity index (χ4n) is 1.54. The number of nitro benzene ring substituents is 1. The Bertz CT molecular complexity index is 700. The van der Waals surface area contributed by atoms with Crippen LogP contribution >= 0.6 is 0 Å². The molecule has 2 aromatic rings. The summed E-state index contributed by atoms with van der Waals surface area (Å²) in [5.74, 6) is -2.36. The molecule has 128 valence electrons. The second kappa shape index (κ2) is 8.78. The maximum Gasteiger partial charge on any atom is 0.414 e. The van der Waals surface area contributed by atoms with Crippen LogP contribution in [0.25, 0.3) is 0 Å². The van der Waals surface area contributed by atoms with Gasteiger partial charge in [0.1, 0.15) is 11.5 Å². The second-order valence-electron chi connectivity index (χ2n) is 4.18. The highest BCUT2D eigenvalue weighted by Crippen LogP contribution is 2.29. The molecule has 1 aromatic carbocycles. The number of furan rings is 1. The Hall–Kier alpha value is -3.56. The lowest BCUT2D eigenvalue weighted by atomic mass is 10.2. The quantitative estimate of drug-likeness (QED) is 0.422. The molecule has 0 spiro atoms. The number of methoxy groups -OCH3 is 1. The smallest absolute Gasteiger partial charge is 0.414 e. The molecule has 0 atom stereocenters. The first-order valence-electron chi connectivity index (χ1n) is 6.40. The van der Waals surface area contributed by atoms with Crippen molar-refractivity contribution in [3.63, 3.8) is 0 Å². The van der Waals surface area contributed by atoms with E-state index in [9.17, 15) is 10.1 Å². The first-order valence-corrected chi connectivity index (χ1v) is 6.40. The largest absolute Gasteiger partial charge is 0.495 e. The standard InChI is InChI=1S/C12H12N2O4.C2H2O4/c1-17-12-5-4-9(14(15)16)7-11(12)13-8-10-3-2-6-18-10;3-1(4)2(5)6/h2-7,13H,8H2,1H3;(H,3,4)(H,5,6). The van der Waals surface area contributed by atoms with Gasteiger partial charge < -0.3 is 24.7 Å². The maximum absolute atomic E-state index is 10.7. The van der Waals surface area contributed by atoms with Crippen LogP contribution in [0.2, 0.25) is 0 Å². The Kier molecular flexibility index (Phi) is 6.76. The fraction of sp³-hybridized carbons (Fsp3) is 0.143. The molecule has 10 heteroatoms. The van der Waals surface area contributed by atoms with Crippen molar-refractivity contribution in [2.24, 2.45) is 0 Å². The van der Waals surface area contributed by atoms with Crippen LogP contribution < -0.4 is 10.1 Å². The van der Waals surface area contributed by atoms with Gasteiger partial charge in [0.2, 0.25) is 0 Å². The van der Waals surface area contributed by atoms with Crippen LogP contribution in [0.3, 0.4) is 0 Å². The van der Waals surface area contributed by atoms with Crippen LogP contribution in [0.4, 0.5) is 11.4 Å². The SMILES string of the molecule is COc1ccc([N+](=O)[O-])cc1NCc1ccco1.O=C(O)C(=O)O. The van der Waals surface area contributed by atoms with Gasteiger partial charge >= 0.3 is 11.9 Å². The van der Waals surface area contributed by atoms with Crippen molar-refractivity contribution in [2.75, 3.05) is 12.4 Å². The minimum atomic E-state index is -1.82. The zero-order chi connectivity index (χ0) is 18.1. The lowest BCUT2D eigenvalue weighted by molar-refractivity contribution is -0.384. The Morgan fingerprint density at radius 1 is 1.29 bits per heavy atom. The molecular weight excluding hydrogens is 324 g/mol. The minimum absolute atomic E-state index is 0.0118. The van der Waals surface area contributed by atoms with E-state index < -0.39 is 16.9 Å². The molecule has 24 heavy (non-hydrogen) atoms. The number of nitrogens with zero attached hydrogens (tertiary/aromatic N) is 1. The third-order valence-corrected chi connectivity index (χ3v) is 2.61. The molecular formula is C14H14N2O8. The summed E-state index contributed by atoms with van der Waals surface area (Å²) in [7, 11) is 1.51. The molecule has 0 radical (unpaired) electrons. The number of benzene rings is 1. The van der Waals surface area contributed by atoms with Crippen molar-refractivity contribution in [3.05, 3.63) is 52.5 Å². The third kappa shape index (κ3) is 5.67. The number of carboxylic acid groups (broad SMARTS) is 2. The molecule has 0 aliphatic rings. The van der Waals surface area contributed by atoms with Crippen LogP contribution in [0, 0.1) is 10.1 Å². The van der Waals surface area contributed by atoms with E-state index in [1.54, 1.807) is 18.4 Å². The molecule has 0 aliphatic carbocycles. The molecule has 3 N–H and O–H groups in total. The molecule has 2 rings (SSSR count). The normalized spacial score (nSPS) is 9.38. The van der Waals surface area contributed by atoms with E-state index in [4.69, 9.17) is 29.0 Å². The summed E-state index contributed by atoms with van der Waals surface area (Å²) in [5, 5.41) is 28.5. The summed E-state index contributed by atoms with van der Waals surface area (Å²) in [5.41, 5.74) is 0.570. The van der Waals surface area contributed by atoms with Crippen LogP contribution in [-0.2, 0) is 16.1 Å². The lowest BCUT2D eigenvalue weighted by Gasteiger charge is -2.09. The summed E-state index contributed by atoms with van der Waals surface area (Å²) < 4.78 is 10.3. The average molecular weight is 338 g/mol. The van der Waals surface area contributed by atoms with Crippen molar-refractivity contribution in [1.29, 1.82) is 0 Å². The molecule has 0 amide bonds. The van der Waals surface area contributed by atoms with E-state index in [0.29, 0.717) is 18.0 Å². The van der Waals surface area contributed by atoms with Crippen LogP contribution in [0.1, 0.15) is 5.76 Å². The number of hydrogen-bond donors (Lipinski definition) is 3. The third-order valence-electron chi connectivity index (χ3n) is 2.61. The molecule has 0 aliphatic heterocycles. The van der Waals surface area contributed by atoms with Gasteiger partial charge in [-0.05, 0) is 18.2 Å². The van der Waals surface area contributed by atoms with Gasteiger partial charge in [-0.2, -0.15) is 0 Å². The van der Waals surface area contributed by atoms with Gasteiger partial charge in [0, 0.05) is 12.1 Å². The van der Waals surface area contributed by atoms with Gasteiger partial charge in [0.05, 0.1) is 30.5 Å². The summed E-state index contributed by atoms with van der Waals surface area (Å²) in [6.45, 7) is 0.435. The highest BCUT2D eigenvalue weighted by Gasteiger charge is 2.11. The highest BCUT2D eigenvalue weighted by molar-refractivity contribution is 6.27. The molecule has 0 saturated heterocycles. The van der Waals surface area contributed by atoms with E-state index in [1.165, 1.54) is 19.2 Å². The molecule has 0 unspecified atom stereocenters. The first-order chi connectivity index (χ1) is 11.3. The summed E-state index contributed by atoms with van der Waals surface area (Å²) in [6, 6.07) is 7.99. The average Bonchev–Trinajstić information content (AvgIpc) is 3.06. The second-order valence-corrected chi connectivity index (χ2v) is 4.18. The lowest BCUT2D eigenvalue weighted by Crippen LogP contribution is -2.09. The van der Waals surface area contributed by atoms with Gasteiger partial charge in [-0.1, -0.05) is 0 Å². The Morgan fingerprint density at radius 3 is 2.42 bits per heavy atom. The van der Waals surface area contributed by atoms with Gasteiger partial charge in [-0.3, -0.25) is 10.1 Å². The zero-order valence-corrected chi connectivity index (χ0v) is 12.5. The van der Waals surface area contributed by atoms with E-state index in [0.717, 1.165) is 5.76 Å². The van der Waals surface area contributed by atoms with Crippen LogP contribution in [0.5, 0.6) is 5.75 Å². The molecule has 0 fully saturated rings. The van der Waals surface area contributed by atoms with Crippen molar-refractivity contribution in [3.8, 4) is 5.75 Å². The number of aliphatic carboxylic acids is 2. The maximum atomic E-state index is 10.7. The fourth-order valence-corrected chi connectivity index (χ4v) is 1.54. The van der Waals surface area contributed by atoms with Crippen molar-refractivity contribution >= 4 is 23.3 Å². The number of nitrogens with one attached hydrogen (secondary N) is 1. The minimum Gasteiger partial charge on any atom is -0.495 e. The predicted molar refractivity (Wildman–Crippen MR) is 81.0 cm³/mol. The van der Waals surface area contributed by atoms with E-state index in [2.05, 4.69) is 5.32 Å². The summed E-state index contributed by atoms with van der Waals surface area (Å²) in [6.07, 6.45) is 1.57. The Labute approximate surface area is 135 Å². The van der Waals surface area contributed by atoms with E-state index in [1.807, 2.05) is 6.07 Å². The molecule has 1 heterocycles. The molecule has 0 saturated carbocycles. The van der Waals surface area contributed by atoms with E-state index >= 15 is 0 Å². The molecule has 0 bridgehead atoms. The molecule has 1 aromatic heterocycles. The van der Waals surface area contributed by atoms with Crippen molar-refractivity contribution in [1.82, 2.24) is 0 Å². The van der Waals surface area contributed by atoms with Gasteiger partial charge in [0.25, 0.3) is 5.69 Å². The predicted octanol–water partition coefficient (Wildman–Crippen LogP) is 1.96. The number of non-ortho nitro benzene ring substituents is 1. The van der Waals surface area contributed by atoms with Crippen molar-refractivity contribution < 1.29 is 33.9 Å². The van der Waals surface area contributed by atoms with Gasteiger partial charge in [0.15, 0.2) is 0 Å². The number of ether oxygens (including phenoxy) is 1. The number of hydrogen-bond acceptors (Lipinski definition) is 7. The number of anilines is 1. The summed E-state index contributed by atoms with van der Waals surface area (Å²) >= 11 is 0. The van der Waals surface area contributed by atoms with Gasteiger partial charge in [-0.25, -0.2) is 9.59 Å². The number of rotatable bonds is 5. The van der Waals surface area contributed by atoms with E-state index in [-0.39, 0.29) is 5.69 Å². The van der Waals surface area contributed by atoms with Crippen molar-refractivity contribution in [2.45, 2.75) is 6.54 Å². The Balaban J connectivity index is 0.000000413. The number of carbonyl (C=O) groups is 2. The van der Waals surface area contributed by atoms with Gasteiger partial charge in [-0.15, -0.1) is 0 Å². The van der Waals surface area contributed by atoms with Crippen LogP contribution in [0.15, 0.2) is 41.0 Å².